The zero-order valence-corrected chi connectivity index (χ0v) is 18.9. The van der Waals surface area contributed by atoms with E-state index in [0.29, 0.717) is 17.9 Å². The smallest absolute Gasteiger partial charge is 0.277 e. The summed E-state index contributed by atoms with van der Waals surface area (Å²) in [6.45, 7) is 6.33. The molecule has 0 saturated heterocycles. The normalized spacial score (nSPS) is 11.5. The molecule has 5 rings (SSSR count). The minimum atomic E-state index is -0.523. The van der Waals surface area contributed by atoms with Gasteiger partial charge in [0.25, 0.3) is 5.56 Å². The van der Waals surface area contributed by atoms with E-state index in [0.717, 1.165) is 46.5 Å². The summed E-state index contributed by atoms with van der Waals surface area (Å²) in [6, 6.07) is 19.5. The molecule has 0 fully saturated rings. The summed E-state index contributed by atoms with van der Waals surface area (Å²) in [4.78, 5) is 30.8. The summed E-state index contributed by atoms with van der Waals surface area (Å²) in [7, 11) is 0. The number of fused-ring (bicyclic) bond motifs is 2. The van der Waals surface area contributed by atoms with Crippen LogP contribution in [0.4, 0.5) is 0 Å². The van der Waals surface area contributed by atoms with E-state index in [2.05, 4.69) is 4.98 Å². The average molecular weight is 440 g/mol. The molecule has 33 heavy (non-hydrogen) atoms. The van der Waals surface area contributed by atoms with Gasteiger partial charge in [-0.1, -0.05) is 49.7 Å². The lowest BCUT2D eigenvalue weighted by atomic mass is 10.1. The minimum Gasteiger partial charge on any atom is -0.277 e. The van der Waals surface area contributed by atoms with Gasteiger partial charge in [-0.05, 0) is 50.1 Å². The first-order valence-electron chi connectivity index (χ1n) is 11.2. The number of rotatable bonds is 5. The Morgan fingerprint density at radius 2 is 1.67 bits per heavy atom. The first-order valence-corrected chi connectivity index (χ1v) is 11.2. The van der Waals surface area contributed by atoms with Gasteiger partial charge in [0.1, 0.15) is 5.65 Å². The highest BCUT2D eigenvalue weighted by atomic mass is 16.2. The van der Waals surface area contributed by atoms with Crippen molar-refractivity contribution in [3.8, 4) is 22.8 Å². The Hall–Kier alpha value is -4.00. The maximum atomic E-state index is 13.4. The van der Waals surface area contributed by atoms with E-state index >= 15 is 0 Å². The molecule has 0 radical (unpaired) electrons. The molecule has 1 aromatic heterocycles. The van der Waals surface area contributed by atoms with Crippen LogP contribution in [0.1, 0.15) is 31.0 Å². The molecule has 0 atom stereocenters. The van der Waals surface area contributed by atoms with Crippen molar-refractivity contribution in [1.82, 2.24) is 23.9 Å². The van der Waals surface area contributed by atoms with E-state index in [9.17, 15) is 9.59 Å². The number of unbranched alkanes of at least 4 members (excludes halogenated alkanes) is 1. The van der Waals surface area contributed by atoms with Crippen molar-refractivity contribution < 1.29 is 0 Å². The molecule has 166 valence electrons. The van der Waals surface area contributed by atoms with Crippen LogP contribution in [0.5, 0.6) is 0 Å². The number of pyridine rings is 1. The molecule has 0 bridgehead atoms. The van der Waals surface area contributed by atoms with Gasteiger partial charge in [-0.2, -0.15) is 10.1 Å². The molecule has 0 unspecified atom stereocenters. The summed E-state index contributed by atoms with van der Waals surface area (Å²) in [6.07, 6.45) is 1.63. The summed E-state index contributed by atoms with van der Waals surface area (Å²) in [5, 5.41) is 5.65. The number of aromatic nitrogens is 5. The van der Waals surface area contributed by atoms with Crippen molar-refractivity contribution in [3.63, 3.8) is 0 Å². The first kappa shape index (κ1) is 20.9. The van der Waals surface area contributed by atoms with Crippen molar-refractivity contribution in [1.29, 1.82) is 0 Å². The predicted molar refractivity (Wildman–Crippen MR) is 130 cm³/mol. The van der Waals surface area contributed by atoms with Crippen LogP contribution in [0.2, 0.25) is 0 Å². The van der Waals surface area contributed by atoms with Crippen LogP contribution < -0.4 is 11.2 Å². The lowest BCUT2D eigenvalue weighted by molar-refractivity contribution is 0.582. The second-order valence-electron chi connectivity index (χ2n) is 8.28. The van der Waals surface area contributed by atoms with E-state index < -0.39 is 5.69 Å². The molecule has 0 N–H and O–H groups in total. The Labute approximate surface area is 190 Å². The maximum Gasteiger partial charge on any atom is 0.352 e. The van der Waals surface area contributed by atoms with Gasteiger partial charge in [-0.15, -0.1) is 0 Å². The van der Waals surface area contributed by atoms with E-state index in [1.165, 1.54) is 4.57 Å². The fourth-order valence-corrected chi connectivity index (χ4v) is 4.30. The molecular weight excluding hydrogens is 414 g/mol. The molecule has 7 heteroatoms. The fraction of sp³-hybridized carbons (Fsp3) is 0.231. The van der Waals surface area contributed by atoms with Gasteiger partial charge >= 0.3 is 5.69 Å². The third-order valence-corrected chi connectivity index (χ3v) is 6.03. The molecule has 0 amide bonds. The van der Waals surface area contributed by atoms with E-state index in [1.807, 2.05) is 90.7 Å². The molecule has 0 saturated carbocycles. The molecule has 3 heterocycles. The highest BCUT2D eigenvalue weighted by Crippen LogP contribution is 2.32. The van der Waals surface area contributed by atoms with Crippen LogP contribution in [0, 0.1) is 13.8 Å². The first-order chi connectivity index (χ1) is 16.0. The largest absolute Gasteiger partial charge is 0.352 e. The lowest BCUT2D eigenvalue weighted by Gasteiger charge is -2.20. The maximum absolute atomic E-state index is 13.4. The van der Waals surface area contributed by atoms with Gasteiger partial charge in [-0.3, -0.25) is 13.9 Å². The summed E-state index contributed by atoms with van der Waals surface area (Å²) in [5.41, 5.74) is 3.87. The highest BCUT2D eigenvalue weighted by molar-refractivity contribution is 5.88. The van der Waals surface area contributed by atoms with Crippen LogP contribution in [0.3, 0.4) is 0 Å². The summed E-state index contributed by atoms with van der Waals surface area (Å²) in [5.74, 6) is 0.344. The SMILES string of the molecule is CCCCn1c(=O)nc2n(-c3ccccc3C)c3c(cc-2c1=O)c(C)nn3-c1ccccc1. The number of nitrogens with zero attached hydrogens (tertiary/aromatic N) is 5. The van der Waals surface area contributed by atoms with Gasteiger partial charge in [0.2, 0.25) is 0 Å². The number of hydrogen-bond donors (Lipinski definition) is 0. The third-order valence-electron chi connectivity index (χ3n) is 6.03. The third kappa shape index (κ3) is 3.36. The van der Waals surface area contributed by atoms with Crippen LogP contribution in [-0.4, -0.2) is 23.9 Å². The molecular formula is C26H25N5O2. The van der Waals surface area contributed by atoms with Gasteiger partial charge in [-0.25, -0.2) is 9.48 Å². The molecule has 7 nitrogen and oxygen atoms in total. The Morgan fingerprint density at radius 3 is 2.39 bits per heavy atom. The van der Waals surface area contributed by atoms with E-state index in [-0.39, 0.29) is 5.56 Å². The molecule has 2 aliphatic heterocycles. The fourth-order valence-electron chi connectivity index (χ4n) is 4.30. The Morgan fingerprint density at radius 1 is 0.939 bits per heavy atom. The monoisotopic (exact) mass is 439 g/mol. The van der Waals surface area contributed by atoms with Gasteiger partial charge in [0.15, 0.2) is 5.82 Å². The number of para-hydroxylation sites is 2. The minimum absolute atomic E-state index is 0.311. The topological polar surface area (TPSA) is 74.7 Å². The zero-order chi connectivity index (χ0) is 23.1. The van der Waals surface area contributed by atoms with Crippen molar-refractivity contribution in [2.75, 3.05) is 0 Å². The number of aryl methyl sites for hydroxylation is 2. The zero-order valence-electron chi connectivity index (χ0n) is 18.9. The second kappa shape index (κ2) is 8.16. The standard InChI is InChI=1S/C26H25N5O2/c1-4-5-15-29-25(32)21-16-20-18(3)28-31(19-12-7-6-8-13-19)24(20)30(23(21)27-26(29)33)22-14-10-9-11-17(22)2/h6-14,16H,4-5,15H2,1-3H3. The quantitative estimate of drug-likeness (QED) is 0.410. The molecule has 2 aliphatic rings. The Bertz CT molecular complexity index is 1560. The van der Waals surface area contributed by atoms with E-state index in [1.54, 1.807) is 0 Å². The van der Waals surface area contributed by atoms with Crippen LogP contribution in [0.25, 0.3) is 33.8 Å². The predicted octanol–water partition coefficient (Wildman–Crippen LogP) is 4.25. The molecule has 2 aromatic carbocycles. The van der Waals surface area contributed by atoms with Gasteiger partial charge < -0.3 is 0 Å². The van der Waals surface area contributed by atoms with Crippen molar-refractivity contribution in [3.05, 3.63) is 92.8 Å². The average Bonchev–Trinajstić information content (AvgIpc) is 3.15. The van der Waals surface area contributed by atoms with Crippen molar-refractivity contribution >= 4 is 11.0 Å². The van der Waals surface area contributed by atoms with Gasteiger partial charge in [0, 0.05) is 11.9 Å². The van der Waals surface area contributed by atoms with Crippen molar-refractivity contribution in [2.24, 2.45) is 0 Å². The van der Waals surface area contributed by atoms with Gasteiger partial charge in [0.05, 0.1) is 22.6 Å². The van der Waals surface area contributed by atoms with Crippen molar-refractivity contribution in [2.45, 2.75) is 40.2 Å². The number of hydrogen-bond acceptors (Lipinski definition) is 4. The number of benzene rings is 2. The summed E-state index contributed by atoms with van der Waals surface area (Å²) >= 11 is 0. The van der Waals surface area contributed by atoms with Crippen LogP contribution in [-0.2, 0) is 6.54 Å². The Kier molecular flexibility index (Phi) is 5.17. The summed E-state index contributed by atoms with van der Waals surface area (Å²) < 4.78 is 5.00. The second-order valence-corrected chi connectivity index (χ2v) is 8.28. The van der Waals surface area contributed by atoms with E-state index in [4.69, 9.17) is 5.10 Å². The Balaban J connectivity index is 1.98. The molecule has 3 aromatic rings. The van der Waals surface area contributed by atoms with Crippen LogP contribution in [0.15, 0.2) is 70.3 Å². The van der Waals surface area contributed by atoms with Crippen LogP contribution >= 0.6 is 0 Å². The molecule has 0 aliphatic carbocycles. The highest BCUT2D eigenvalue weighted by Gasteiger charge is 2.25. The molecule has 0 spiro atoms. The lowest BCUT2D eigenvalue weighted by Crippen LogP contribution is -2.38.